The zero-order valence-electron chi connectivity index (χ0n) is 12.7. The maximum Gasteiger partial charge on any atom is 0.244 e. The van der Waals surface area contributed by atoms with Crippen LogP contribution in [-0.4, -0.2) is 15.5 Å². The van der Waals surface area contributed by atoms with E-state index in [1.807, 2.05) is 19.9 Å². The van der Waals surface area contributed by atoms with Crippen LogP contribution in [0.3, 0.4) is 0 Å². The van der Waals surface area contributed by atoms with Crippen LogP contribution >= 0.6 is 11.6 Å². The molecule has 0 atom stereocenters. The number of halogens is 1. The standard InChI is InChI=1S/C16H18ClNO3S/c1-11-8-15(21-3)16(9-12(11)2)22(19,20)18-10-13-6-4-5-7-14(13)17/h4-9,18H,10H2,1-3H3. The number of hydrogen-bond acceptors (Lipinski definition) is 3. The minimum atomic E-state index is -3.69. The second kappa shape index (κ2) is 6.69. The lowest BCUT2D eigenvalue weighted by Gasteiger charge is -2.13. The van der Waals surface area contributed by atoms with Gasteiger partial charge in [-0.2, -0.15) is 0 Å². The number of benzene rings is 2. The lowest BCUT2D eigenvalue weighted by Crippen LogP contribution is -2.24. The van der Waals surface area contributed by atoms with Crippen molar-refractivity contribution in [1.82, 2.24) is 4.72 Å². The summed E-state index contributed by atoms with van der Waals surface area (Å²) in [6.45, 7) is 3.89. The second-order valence-electron chi connectivity index (χ2n) is 5.00. The highest BCUT2D eigenvalue weighted by molar-refractivity contribution is 7.89. The Labute approximate surface area is 136 Å². The molecule has 0 aliphatic carbocycles. The van der Waals surface area contributed by atoms with Crippen LogP contribution in [0.4, 0.5) is 0 Å². The van der Waals surface area contributed by atoms with Crippen LogP contribution in [0, 0.1) is 13.8 Å². The molecule has 0 fully saturated rings. The highest BCUT2D eigenvalue weighted by Crippen LogP contribution is 2.27. The van der Waals surface area contributed by atoms with Crippen molar-refractivity contribution in [3.63, 3.8) is 0 Å². The molecule has 118 valence electrons. The molecule has 0 heterocycles. The molecular formula is C16H18ClNO3S. The summed E-state index contributed by atoms with van der Waals surface area (Å²) in [5, 5.41) is 0.525. The van der Waals surface area contributed by atoms with Crippen LogP contribution in [0.25, 0.3) is 0 Å². The molecule has 0 saturated carbocycles. The molecular weight excluding hydrogens is 322 g/mol. The molecule has 0 saturated heterocycles. The fraction of sp³-hybridized carbons (Fsp3) is 0.250. The number of sulfonamides is 1. The van der Waals surface area contributed by atoms with E-state index in [9.17, 15) is 8.42 Å². The minimum absolute atomic E-state index is 0.123. The van der Waals surface area contributed by atoms with Gasteiger partial charge in [-0.1, -0.05) is 29.8 Å². The minimum Gasteiger partial charge on any atom is -0.495 e. The van der Waals surface area contributed by atoms with Gasteiger partial charge < -0.3 is 4.74 Å². The van der Waals surface area contributed by atoms with Crippen molar-refractivity contribution in [2.75, 3.05) is 7.11 Å². The second-order valence-corrected chi connectivity index (χ2v) is 7.15. The molecule has 22 heavy (non-hydrogen) atoms. The third kappa shape index (κ3) is 3.61. The first-order valence-corrected chi connectivity index (χ1v) is 8.59. The Kier molecular flexibility index (Phi) is 5.11. The smallest absolute Gasteiger partial charge is 0.244 e. The molecule has 2 aromatic rings. The van der Waals surface area contributed by atoms with E-state index in [4.69, 9.17) is 16.3 Å². The van der Waals surface area contributed by atoms with Gasteiger partial charge in [0.25, 0.3) is 0 Å². The summed E-state index contributed by atoms with van der Waals surface area (Å²) in [4.78, 5) is 0.130. The van der Waals surface area contributed by atoms with Gasteiger partial charge in [0.1, 0.15) is 10.6 Å². The molecule has 0 spiro atoms. The van der Waals surface area contributed by atoms with Gasteiger partial charge in [0, 0.05) is 11.6 Å². The molecule has 2 rings (SSSR count). The van der Waals surface area contributed by atoms with Gasteiger partial charge in [-0.3, -0.25) is 0 Å². The number of hydrogen-bond donors (Lipinski definition) is 1. The normalized spacial score (nSPS) is 11.5. The summed E-state index contributed by atoms with van der Waals surface area (Å²) in [7, 11) is -2.24. The predicted octanol–water partition coefficient (Wildman–Crippen LogP) is 3.44. The molecule has 0 aliphatic rings. The molecule has 2 aromatic carbocycles. The van der Waals surface area contributed by atoms with Gasteiger partial charge in [0.15, 0.2) is 0 Å². The fourth-order valence-electron chi connectivity index (χ4n) is 2.03. The zero-order chi connectivity index (χ0) is 16.3. The Morgan fingerprint density at radius 3 is 2.41 bits per heavy atom. The van der Waals surface area contributed by atoms with Crippen LogP contribution < -0.4 is 9.46 Å². The SMILES string of the molecule is COc1cc(C)c(C)cc1S(=O)(=O)NCc1ccccc1Cl. The third-order valence-electron chi connectivity index (χ3n) is 3.48. The third-order valence-corrected chi connectivity index (χ3v) is 5.27. The van der Waals surface area contributed by atoms with E-state index >= 15 is 0 Å². The number of methoxy groups -OCH3 is 1. The van der Waals surface area contributed by atoms with Crippen LogP contribution in [0.5, 0.6) is 5.75 Å². The van der Waals surface area contributed by atoms with Crippen molar-refractivity contribution in [3.05, 3.63) is 58.1 Å². The Bertz CT molecular complexity index is 788. The zero-order valence-corrected chi connectivity index (χ0v) is 14.3. The van der Waals surface area contributed by atoms with Crippen molar-refractivity contribution in [2.24, 2.45) is 0 Å². The molecule has 0 aliphatic heterocycles. The number of nitrogens with one attached hydrogen (secondary N) is 1. The molecule has 1 N–H and O–H groups in total. The fourth-order valence-corrected chi connectivity index (χ4v) is 3.47. The van der Waals surface area contributed by atoms with Crippen molar-refractivity contribution < 1.29 is 13.2 Å². The average Bonchev–Trinajstić information content (AvgIpc) is 2.48. The van der Waals surface area contributed by atoms with E-state index in [0.717, 1.165) is 16.7 Å². The summed E-state index contributed by atoms with van der Waals surface area (Å²) in [6, 6.07) is 10.4. The summed E-state index contributed by atoms with van der Waals surface area (Å²) >= 11 is 6.04. The largest absolute Gasteiger partial charge is 0.495 e. The molecule has 6 heteroatoms. The van der Waals surface area contributed by atoms with E-state index in [1.165, 1.54) is 7.11 Å². The number of rotatable bonds is 5. The van der Waals surface area contributed by atoms with Crippen molar-refractivity contribution in [1.29, 1.82) is 0 Å². The summed E-state index contributed by atoms with van der Waals surface area (Å²) in [5.74, 6) is 0.328. The lowest BCUT2D eigenvalue weighted by atomic mass is 10.1. The number of ether oxygens (including phenoxy) is 1. The predicted molar refractivity (Wildman–Crippen MR) is 87.9 cm³/mol. The maximum atomic E-state index is 12.5. The average molecular weight is 340 g/mol. The van der Waals surface area contributed by atoms with Crippen LogP contribution in [0.2, 0.25) is 5.02 Å². The van der Waals surface area contributed by atoms with Gasteiger partial charge in [-0.05, 0) is 48.7 Å². The van der Waals surface area contributed by atoms with E-state index in [1.54, 1.807) is 30.3 Å². The van der Waals surface area contributed by atoms with E-state index < -0.39 is 10.0 Å². The van der Waals surface area contributed by atoms with Crippen LogP contribution in [0.1, 0.15) is 16.7 Å². The van der Waals surface area contributed by atoms with E-state index in [2.05, 4.69) is 4.72 Å². The maximum absolute atomic E-state index is 12.5. The van der Waals surface area contributed by atoms with Crippen LogP contribution in [0.15, 0.2) is 41.3 Å². The Morgan fingerprint density at radius 2 is 1.77 bits per heavy atom. The molecule has 0 aromatic heterocycles. The quantitative estimate of drug-likeness (QED) is 0.907. The highest BCUT2D eigenvalue weighted by Gasteiger charge is 2.20. The monoisotopic (exact) mass is 339 g/mol. The van der Waals surface area contributed by atoms with Gasteiger partial charge in [0.05, 0.1) is 7.11 Å². The van der Waals surface area contributed by atoms with Gasteiger partial charge in [0.2, 0.25) is 10.0 Å². The first-order chi connectivity index (χ1) is 10.3. The Morgan fingerprint density at radius 1 is 1.14 bits per heavy atom. The molecule has 4 nitrogen and oxygen atoms in total. The van der Waals surface area contributed by atoms with Crippen molar-refractivity contribution >= 4 is 21.6 Å². The van der Waals surface area contributed by atoms with E-state index in [0.29, 0.717) is 10.8 Å². The molecule has 0 amide bonds. The summed E-state index contributed by atoms with van der Waals surface area (Å²) in [5.41, 5.74) is 2.58. The topological polar surface area (TPSA) is 55.4 Å². The highest BCUT2D eigenvalue weighted by atomic mass is 35.5. The molecule has 0 unspecified atom stereocenters. The number of aryl methyl sites for hydroxylation is 2. The van der Waals surface area contributed by atoms with E-state index in [-0.39, 0.29) is 11.4 Å². The summed E-state index contributed by atoms with van der Waals surface area (Å²) < 4.78 is 32.8. The first kappa shape index (κ1) is 16.8. The van der Waals surface area contributed by atoms with Gasteiger partial charge in [-0.25, -0.2) is 13.1 Å². The lowest BCUT2D eigenvalue weighted by molar-refractivity contribution is 0.402. The van der Waals surface area contributed by atoms with Crippen molar-refractivity contribution in [2.45, 2.75) is 25.3 Å². The Balaban J connectivity index is 2.31. The van der Waals surface area contributed by atoms with Crippen LogP contribution in [-0.2, 0) is 16.6 Å². The van der Waals surface area contributed by atoms with Gasteiger partial charge >= 0.3 is 0 Å². The van der Waals surface area contributed by atoms with Crippen molar-refractivity contribution in [3.8, 4) is 5.75 Å². The molecule has 0 bridgehead atoms. The Hall–Kier alpha value is -1.56. The molecule has 0 radical (unpaired) electrons. The summed E-state index contributed by atoms with van der Waals surface area (Å²) in [6.07, 6.45) is 0. The van der Waals surface area contributed by atoms with Gasteiger partial charge in [-0.15, -0.1) is 0 Å². The first-order valence-electron chi connectivity index (χ1n) is 6.73.